The number of carboxylic acid groups (broad SMARTS) is 1. The smallest absolute Gasteiger partial charge is 0.329 e. The second kappa shape index (κ2) is 8.10. The minimum atomic E-state index is -1.15. The van der Waals surface area contributed by atoms with E-state index in [0.29, 0.717) is 6.42 Å². The van der Waals surface area contributed by atoms with Crippen molar-refractivity contribution in [2.24, 2.45) is 5.41 Å². The first kappa shape index (κ1) is 21.3. The zero-order chi connectivity index (χ0) is 18.7. The molecule has 0 aromatic rings. The van der Waals surface area contributed by atoms with Gasteiger partial charge in [-0.05, 0) is 25.7 Å². The number of carboxylic acids is 1. The maximum atomic E-state index is 10.7. The summed E-state index contributed by atoms with van der Waals surface area (Å²) in [5, 5.41) is 29.8. The van der Waals surface area contributed by atoms with Gasteiger partial charge in [0.1, 0.15) is 31.0 Å². The molecule has 0 saturated carbocycles. The van der Waals surface area contributed by atoms with E-state index in [1.165, 1.54) is 0 Å². The molecule has 24 heavy (non-hydrogen) atoms. The van der Waals surface area contributed by atoms with Gasteiger partial charge in [0.25, 0.3) is 0 Å². The first-order valence-corrected chi connectivity index (χ1v) is 8.38. The summed E-state index contributed by atoms with van der Waals surface area (Å²) in [6.07, 6.45) is -3.63. The molecule has 0 bridgehead atoms. The van der Waals surface area contributed by atoms with Crippen LogP contribution < -0.4 is 0 Å². The van der Waals surface area contributed by atoms with Crippen LogP contribution in [0.15, 0.2) is 0 Å². The molecule has 0 aromatic carbocycles. The molecule has 1 fully saturated rings. The molecule has 0 spiro atoms. The standard InChI is InChI=1S/C17H32O7/c1-7-17(5,6)24-14-10(8-22-9-11(18)19)23-15(16(2,3)4)13(21)12(14)20/h10,12-15,20-21H,7-9H2,1-6H3,(H,18,19). The molecule has 1 rings (SSSR count). The number of aliphatic hydroxyl groups is 2. The number of hydrogen-bond donors (Lipinski definition) is 3. The van der Waals surface area contributed by atoms with Gasteiger partial charge in [-0.2, -0.15) is 0 Å². The fourth-order valence-corrected chi connectivity index (χ4v) is 2.65. The molecule has 7 heteroatoms. The van der Waals surface area contributed by atoms with E-state index in [4.69, 9.17) is 19.3 Å². The Labute approximate surface area is 143 Å². The highest BCUT2D eigenvalue weighted by atomic mass is 16.6. The van der Waals surface area contributed by atoms with E-state index in [1.807, 2.05) is 41.5 Å². The maximum Gasteiger partial charge on any atom is 0.329 e. The molecule has 1 aliphatic heterocycles. The highest BCUT2D eigenvalue weighted by Crippen LogP contribution is 2.35. The van der Waals surface area contributed by atoms with Crippen LogP contribution in [0.2, 0.25) is 0 Å². The van der Waals surface area contributed by atoms with Crippen LogP contribution in [0, 0.1) is 5.41 Å². The first-order chi connectivity index (χ1) is 10.9. The normalized spacial score (nSPS) is 31.9. The zero-order valence-electron chi connectivity index (χ0n) is 15.5. The van der Waals surface area contributed by atoms with Crippen LogP contribution >= 0.6 is 0 Å². The SMILES string of the molecule is CCC(C)(C)OC1C(COCC(=O)O)OC(C(C)(C)C)C(O)C1O. The number of carbonyl (C=O) groups is 1. The van der Waals surface area contributed by atoms with Gasteiger partial charge >= 0.3 is 5.97 Å². The summed E-state index contributed by atoms with van der Waals surface area (Å²) in [5.74, 6) is -1.08. The van der Waals surface area contributed by atoms with Crippen LogP contribution in [0.4, 0.5) is 0 Å². The van der Waals surface area contributed by atoms with Gasteiger partial charge in [0, 0.05) is 0 Å². The van der Waals surface area contributed by atoms with Crippen LogP contribution in [-0.4, -0.2) is 70.6 Å². The fraction of sp³-hybridized carbons (Fsp3) is 0.941. The van der Waals surface area contributed by atoms with Crippen LogP contribution in [0.1, 0.15) is 48.0 Å². The van der Waals surface area contributed by atoms with E-state index >= 15 is 0 Å². The third-order valence-corrected chi connectivity index (χ3v) is 4.35. The van der Waals surface area contributed by atoms with E-state index in [1.54, 1.807) is 0 Å². The highest BCUT2D eigenvalue weighted by molar-refractivity contribution is 5.67. The van der Waals surface area contributed by atoms with Gasteiger partial charge in [0.05, 0.1) is 18.3 Å². The number of rotatable bonds is 7. The van der Waals surface area contributed by atoms with Crippen molar-refractivity contribution < 1.29 is 34.3 Å². The van der Waals surface area contributed by atoms with Crippen LogP contribution in [0.5, 0.6) is 0 Å². The third kappa shape index (κ3) is 5.67. The van der Waals surface area contributed by atoms with Gasteiger partial charge in [-0.3, -0.25) is 0 Å². The number of ether oxygens (including phenoxy) is 3. The molecule has 7 nitrogen and oxygen atoms in total. The Morgan fingerprint density at radius 1 is 1.12 bits per heavy atom. The average molecular weight is 348 g/mol. The van der Waals surface area contributed by atoms with Crippen molar-refractivity contribution in [3.05, 3.63) is 0 Å². The zero-order valence-corrected chi connectivity index (χ0v) is 15.5. The van der Waals surface area contributed by atoms with Gasteiger partial charge in [0.15, 0.2) is 0 Å². The van der Waals surface area contributed by atoms with E-state index < -0.39 is 54.1 Å². The summed E-state index contributed by atoms with van der Waals surface area (Å²) in [4.78, 5) is 10.7. The summed E-state index contributed by atoms with van der Waals surface area (Å²) in [7, 11) is 0. The van der Waals surface area contributed by atoms with Gasteiger partial charge in [0.2, 0.25) is 0 Å². The van der Waals surface area contributed by atoms with Crippen molar-refractivity contribution >= 4 is 5.97 Å². The second-order valence-electron chi connectivity index (χ2n) is 8.05. The van der Waals surface area contributed by atoms with Crippen LogP contribution in [0.3, 0.4) is 0 Å². The summed E-state index contributed by atoms with van der Waals surface area (Å²) in [5.41, 5.74) is -0.926. The van der Waals surface area contributed by atoms with E-state index in [9.17, 15) is 15.0 Å². The quantitative estimate of drug-likeness (QED) is 0.635. The molecule has 0 aromatic heterocycles. The Balaban J connectivity index is 2.96. The summed E-state index contributed by atoms with van der Waals surface area (Å²) >= 11 is 0. The molecule has 5 atom stereocenters. The Hall–Kier alpha value is -0.730. The van der Waals surface area contributed by atoms with E-state index in [0.717, 1.165) is 0 Å². The first-order valence-electron chi connectivity index (χ1n) is 8.38. The molecule has 3 N–H and O–H groups in total. The third-order valence-electron chi connectivity index (χ3n) is 4.35. The molecule has 0 radical (unpaired) electrons. The largest absolute Gasteiger partial charge is 0.480 e. The monoisotopic (exact) mass is 348 g/mol. The number of aliphatic carboxylic acids is 1. The van der Waals surface area contributed by atoms with E-state index in [-0.39, 0.29) is 6.61 Å². The van der Waals surface area contributed by atoms with Crippen molar-refractivity contribution in [2.75, 3.05) is 13.2 Å². The van der Waals surface area contributed by atoms with E-state index in [2.05, 4.69) is 0 Å². The molecule has 0 amide bonds. The lowest BCUT2D eigenvalue weighted by molar-refractivity contribution is -0.281. The molecular formula is C17H32O7. The second-order valence-corrected chi connectivity index (χ2v) is 8.05. The maximum absolute atomic E-state index is 10.7. The topological polar surface area (TPSA) is 105 Å². The number of hydrogen-bond acceptors (Lipinski definition) is 6. The molecule has 1 aliphatic rings. The highest BCUT2D eigenvalue weighted by Gasteiger charge is 2.50. The van der Waals surface area contributed by atoms with Crippen molar-refractivity contribution in [1.82, 2.24) is 0 Å². The molecule has 0 aliphatic carbocycles. The average Bonchev–Trinajstić information content (AvgIpc) is 2.44. The summed E-state index contributed by atoms with van der Waals surface area (Å²) in [6.45, 7) is 10.9. The lowest BCUT2D eigenvalue weighted by atomic mass is 9.80. The van der Waals surface area contributed by atoms with Crippen molar-refractivity contribution in [1.29, 1.82) is 0 Å². The van der Waals surface area contributed by atoms with Crippen molar-refractivity contribution in [2.45, 2.75) is 84.1 Å². The van der Waals surface area contributed by atoms with Gasteiger partial charge < -0.3 is 29.5 Å². The van der Waals surface area contributed by atoms with Crippen LogP contribution in [0.25, 0.3) is 0 Å². The van der Waals surface area contributed by atoms with Crippen molar-refractivity contribution in [3.63, 3.8) is 0 Å². The Morgan fingerprint density at radius 2 is 1.71 bits per heavy atom. The minimum absolute atomic E-state index is 0.0346. The predicted octanol–water partition coefficient (Wildman–Crippen LogP) is 1.20. The fourth-order valence-electron chi connectivity index (χ4n) is 2.65. The molecule has 5 unspecified atom stereocenters. The summed E-state index contributed by atoms with van der Waals surface area (Å²) < 4.78 is 17.1. The van der Waals surface area contributed by atoms with Crippen LogP contribution in [-0.2, 0) is 19.0 Å². The molecule has 1 saturated heterocycles. The van der Waals surface area contributed by atoms with Crippen molar-refractivity contribution in [3.8, 4) is 0 Å². The van der Waals surface area contributed by atoms with Gasteiger partial charge in [-0.15, -0.1) is 0 Å². The lowest BCUT2D eigenvalue weighted by Crippen LogP contribution is -2.63. The lowest BCUT2D eigenvalue weighted by Gasteiger charge is -2.48. The van der Waals surface area contributed by atoms with Gasteiger partial charge in [-0.1, -0.05) is 27.7 Å². The Morgan fingerprint density at radius 3 is 2.17 bits per heavy atom. The molecule has 142 valence electrons. The molecule has 1 heterocycles. The molecular weight excluding hydrogens is 316 g/mol. The predicted molar refractivity (Wildman–Crippen MR) is 87.8 cm³/mol. The Kier molecular flexibility index (Phi) is 7.19. The summed E-state index contributed by atoms with van der Waals surface area (Å²) in [6, 6.07) is 0. The van der Waals surface area contributed by atoms with Gasteiger partial charge in [-0.25, -0.2) is 4.79 Å². The minimum Gasteiger partial charge on any atom is -0.480 e. The number of aliphatic hydroxyl groups excluding tert-OH is 2. The Bertz CT molecular complexity index is 416.